The van der Waals surface area contributed by atoms with Crippen LogP contribution in [0, 0.1) is 0 Å². The standard InChI is InChI=1S/C4H11NO5P2/c6-2-1-5(3-11-7)4-12(8,9)10/h2,7,11H,1,3-4H2,(H2,8,9,10). The molecule has 0 fully saturated rings. The van der Waals surface area contributed by atoms with Gasteiger partial charge in [-0.2, -0.15) is 0 Å². The molecule has 0 aromatic rings. The zero-order valence-corrected chi connectivity index (χ0v) is 8.15. The molecule has 0 saturated carbocycles. The number of hydrogen-bond donors (Lipinski definition) is 3. The predicted octanol–water partition coefficient (Wildman–Crippen LogP) is -0.834. The third-order valence-corrected chi connectivity index (χ3v) is 2.37. The van der Waals surface area contributed by atoms with Crippen LogP contribution in [0.25, 0.3) is 0 Å². The summed E-state index contributed by atoms with van der Waals surface area (Å²) in [7, 11) is -4.56. The van der Waals surface area contributed by atoms with Crippen molar-refractivity contribution in [1.82, 2.24) is 4.90 Å². The van der Waals surface area contributed by atoms with E-state index in [4.69, 9.17) is 14.7 Å². The Bertz CT molecular complexity index is 180. The fourth-order valence-corrected chi connectivity index (χ4v) is 2.00. The Labute approximate surface area is 71.6 Å². The van der Waals surface area contributed by atoms with Crippen molar-refractivity contribution >= 4 is 22.7 Å². The second-order valence-corrected chi connectivity index (χ2v) is 4.39. The minimum atomic E-state index is -4.12. The van der Waals surface area contributed by atoms with E-state index in [-0.39, 0.29) is 12.8 Å². The van der Waals surface area contributed by atoms with Gasteiger partial charge in [-0.05, 0) is 0 Å². The van der Waals surface area contributed by atoms with E-state index >= 15 is 0 Å². The van der Waals surface area contributed by atoms with Gasteiger partial charge in [-0.3, -0.25) is 9.46 Å². The van der Waals surface area contributed by atoms with Gasteiger partial charge >= 0.3 is 7.60 Å². The molecule has 0 aromatic carbocycles. The van der Waals surface area contributed by atoms with Gasteiger partial charge in [0.1, 0.15) is 12.6 Å². The van der Waals surface area contributed by atoms with E-state index in [0.29, 0.717) is 6.29 Å². The van der Waals surface area contributed by atoms with E-state index in [9.17, 15) is 9.36 Å². The van der Waals surface area contributed by atoms with Gasteiger partial charge in [-0.25, -0.2) is 0 Å². The molecule has 0 radical (unpaired) electrons. The van der Waals surface area contributed by atoms with Gasteiger partial charge in [0.05, 0.1) is 6.54 Å². The number of rotatable bonds is 6. The van der Waals surface area contributed by atoms with Crippen LogP contribution in [0.2, 0.25) is 0 Å². The highest BCUT2D eigenvalue weighted by Crippen LogP contribution is 2.35. The monoisotopic (exact) mass is 215 g/mol. The summed E-state index contributed by atoms with van der Waals surface area (Å²) < 4.78 is 10.4. The number of carbonyl (C=O) groups excluding carboxylic acids is 1. The molecule has 3 N–H and O–H groups in total. The highest BCUT2D eigenvalue weighted by atomic mass is 31.2. The normalized spacial score (nSPS) is 13.0. The summed E-state index contributed by atoms with van der Waals surface area (Å²) >= 11 is 0. The highest BCUT2D eigenvalue weighted by molar-refractivity contribution is 7.51. The Morgan fingerprint density at radius 1 is 1.50 bits per heavy atom. The summed E-state index contributed by atoms with van der Waals surface area (Å²) in [5, 5.41) is 0. The van der Waals surface area contributed by atoms with Crippen molar-refractivity contribution in [2.45, 2.75) is 0 Å². The first-order valence-corrected chi connectivity index (χ1v) is 6.02. The van der Waals surface area contributed by atoms with Crippen LogP contribution in [0.4, 0.5) is 0 Å². The molecule has 6 nitrogen and oxygen atoms in total. The average molecular weight is 215 g/mol. The SMILES string of the molecule is O=CCN(CPO)CP(=O)(O)O. The molecular formula is C4H11NO5P2. The summed E-state index contributed by atoms with van der Waals surface area (Å²) in [5.41, 5.74) is 0. The largest absolute Gasteiger partial charge is 0.376 e. The van der Waals surface area contributed by atoms with E-state index in [1.54, 1.807) is 0 Å². The molecule has 0 spiro atoms. The van der Waals surface area contributed by atoms with Gasteiger partial charge in [-0.1, -0.05) is 0 Å². The Morgan fingerprint density at radius 2 is 2.08 bits per heavy atom. The van der Waals surface area contributed by atoms with Crippen molar-refractivity contribution in [2.75, 3.05) is 19.1 Å². The van der Waals surface area contributed by atoms with E-state index < -0.39 is 22.7 Å². The average Bonchev–Trinajstić information content (AvgIpc) is 1.84. The first-order chi connectivity index (χ1) is 5.49. The second kappa shape index (κ2) is 5.75. The lowest BCUT2D eigenvalue weighted by Gasteiger charge is -2.17. The predicted molar refractivity (Wildman–Crippen MR) is 45.1 cm³/mol. The number of nitrogens with zero attached hydrogens (tertiary/aromatic N) is 1. The molecule has 8 heteroatoms. The summed E-state index contributed by atoms with van der Waals surface area (Å²) in [6.07, 6.45) is 0.166. The zero-order valence-electron chi connectivity index (χ0n) is 6.25. The van der Waals surface area contributed by atoms with Gasteiger partial charge < -0.3 is 19.5 Å². The molecular weight excluding hydrogens is 204 g/mol. The minimum Gasteiger partial charge on any atom is -0.376 e. The molecule has 72 valence electrons. The third kappa shape index (κ3) is 6.85. The number of aldehydes is 1. The number of hydrogen-bond acceptors (Lipinski definition) is 4. The van der Waals surface area contributed by atoms with Crippen molar-refractivity contribution < 1.29 is 24.0 Å². The van der Waals surface area contributed by atoms with Crippen molar-refractivity contribution in [3.8, 4) is 0 Å². The lowest BCUT2D eigenvalue weighted by atomic mass is 10.7. The Balaban J connectivity index is 3.94. The fourth-order valence-electron chi connectivity index (χ4n) is 0.638. The first-order valence-electron chi connectivity index (χ1n) is 3.07. The Hall–Kier alpha value is 0.170. The zero-order chi connectivity index (χ0) is 9.61. The van der Waals surface area contributed by atoms with E-state index in [1.165, 1.54) is 4.90 Å². The summed E-state index contributed by atoms with van der Waals surface area (Å²) in [6, 6.07) is 0. The molecule has 0 aliphatic carbocycles. The molecule has 0 saturated heterocycles. The molecule has 0 amide bonds. The molecule has 0 aliphatic rings. The molecule has 0 rings (SSSR count). The molecule has 1 atom stereocenters. The van der Waals surface area contributed by atoms with E-state index in [1.807, 2.05) is 0 Å². The molecule has 1 unspecified atom stereocenters. The van der Waals surface area contributed by atoms with Gasteiger partial charge in [0.25, 0.3) is 0 Å². The molecule has 0 aromatic heterocycles. The van der Waals surface area contributed by atoms with Crippen LogP contribution in [0.3, 0.4) is 0 Å². The first kappa shape index (κ1) is 12.2. The quantitative estimate of drug-likeness (QED) is 0.395. The van der Waals surface area contributed by atoms with Crippen LogP contribution in [0.15, 0.2) is 0 Å². The number of carbonyl (C=O) groups is 1. The minimum absolute atomic E-state index is 0.0708. The van der Waals surface area contributed by atoms with Crippen LogP contribution in [0.5, 0.6) is 0 Å². The van der Waals surface area contributed by atoms with Gasteiger partial charge in [-0.15, -0.1) is 0 Å². The molecule has 0 heterocycles. The van der Waals surface area contributed by atoms with Crippen LogP contribution >= 0.6 is 16.4 Å². The highest BCUT2D eigenvalue weighted by Gasteiger charge is 2.18. The van der Waals surface area contributed by atoms with Crippen LogP contribution < -0.4 is 0 Å². The lowest BCUT2D eigenvalue weighted by molar-refractivity contribution is -0.108. The maximum absolute atomic E-state index is 10.4. The van der Waals surface area contributed by atoms with Crippen LogP contribution in [-0.2, 0) is 9.36 Å². The molecule has 0 aliphatic heterocycles. The van der Waals surface area contributed by atoms with Crippen LogP contribution in [0.1, 0.15) is 0 Å². The summed E-state index contributed by atoms with van der Waals surface area (Å²) in [6.45, 7) is -0.0708. The Kier molecular flexibility index (Phi) is 5.84. The van der Waals surface area contributed by atoms with Gasteiger partial charge in [0.2, 0.25) is 0 Å². The van der Waals surface area contributed by atoms with Crippen molar-refractivity contribution in [1.29, 1.82) is 0 Å². The maximum atomic E-state index is 10.4. The second-order valence-electron chi connectivity index (χ2n) is 2.14. The summed E-state index contributed by atoms with van der Waals surface area (Å²) in [5.74, 6) is 0. The fraction of sp³-hybridized carbons (Fsp3) is 0.750. The van der Waals surface area contributed by atoms with Crippen molar-refractivity contribution in [3.63, 3.8) is 0 Å². The van der Waals surface area contributed by atoms with Gasteiger partial charge in [0, 0.05) is 15.1 Å². The van der Waals surface area contributed by atoms with Crippen molar-refractivity contribution in [3.05, 3.63) is 0 Å². The van der Waals surface area contributed by atoms with Crippen LogP contribution in [-0.4, -0.2) is 45.0 Å². The van der Waals surface area contributed by atoms with E-state index in [2.05, 4.69) is 0 Å². The Morgan fingerprint density at radius 3 is 2.42 bits per heavy atom. The van der Waals surface area contributed by atoms with Gasteiger partial charge in [0.15, 0.2) is 0 Å². The molecule has 0 bridgehead atoms. The maximum Gasteiger partial charge on any atom is 0.339 e. The molecule has 12 heavy (non-hydrogen) atoms. The van der Waals surface area contributed by atoms with E-state index in [0.717, 1.165) is 0 Å². The van der Waals surface area contributed by atoms with Crippen molar-refractivity contribution in [2.24, 2.45) is 0 Å². The summed E-state index contributed by atoms with van der Waals surface area (Å²) in [4.78, 5) is 36.7. The topological polar surface area (TPSA) is 98.1 Å². The third-order valence-electron chi connectivity index (χ3n) is 1.01. The lowest BCUT2D eigenvalue weighted by Crippen LogP contribution is -2.25. The smallest absolute Gasteiger partial charge is 0.339 e.